The van der Waals surface area contributed by atoms with Crippen molar-refractivity contribution < 1.29 is 14.6 Å². The van der Waals surface area contributed by atoms with Gasteiger partial charge in [-0.1, -0.05) is 29.8 Å². The Balaban J connectivity index is 2.05. The number of aliphatic hydroxyl groups is 1. The van der Waals surface area contributed by atoms with E-state index in [0.29, 0.717) is 19.0 Å². The van der Waals surface area contributed by atoms with Crippen molar-refractivity contribution in [2.75, 3.05) is 19.7 Å². The van der Waals surface area contributed by atoms with Crippen LogP contribution in [0.2, 0.25) is 0 Å². The lowest BCUT2D eigenvalue weighted by Gasteiger charge is -2.38. The zero-order chi connectivity index (χ0) is 16.3. The van der Waals surface area contributed by atoms with Crippen LogP contribution in [0.3, 0.4) is 0 Å². The molecule has 22 heavy (non-hydrogen) atoms. The molecule has 1 heterocycles. The summed E-state index contributed by atoms with van der Waals surface area (Å²) in [5.41, 5.74) is 1.99. The van der Waals surface area contributed by atoms with Crippen LogP contribution in [-0.4, -0.2) is 41.4 Å². The summed E-state index contributed by atoms with van der Waals surface area (Å²) < 4.78 is 5.43. The van der Waals surface area contributed by atoms with Crippen LogP contribution in [0.5, 0.6) is 0 Å². The first-order valence-corrected chi connectivity index (χ1v) is 7.95. The van der Waals surface area contributed by atoms with E-state index in [9.17, 15) is 9.90 Å². The molecule has 2 atom stereocenters. The van der Waals surface area contributed by atoms with Crippen LogP contribution in [0.4, 0.5) is 4.79 Å². The minimum atomic E-state index is -0.487. The van der Waals surface area contributed by atoms with E-state index in [-0.39, 0.29) is 18.6 Å². The molecule has 1 N–H and O–H groups in total. The summed E-state index contributed by atoms with van der Waals surface area (Å²) in [6.07, 6.45) is 0.571. The number of amides is 1. The first-order valence-electron chi connectivity index (χ1n) is 7.95. The molecule has 1 aliphatic heterocycles. The van der Waals surface area contributed by atoms with E-state index in [1.54, 1.807) is 4.90 Å². The average molecular weight is 305 g/mol. The van der Waals surface area contributed by atoms with Gasteiger partial charge < -0.3 is 14.7 Å². The number of ether oxygens (including phenoxy) is 1. The van der Waals surface area contributed by atoms with Crippen molar-refractivity contribution in [3.05, 3.63) is 35.4 Å². The third-order valence-corrected chi connectivity index (χ3v) is 4.13. The van der Waals surface area contributed by atoms with Gasteiger partial charge in [0.1, 0.15) is 5.60 Å². The summed E-state index contributed by atoms with van der Waals surface area (Å²) in [5.74, 6) is 0.355. The molecule has 0 unspecified atom stereocenters. The molecular formula is C18H27NO3. The number of piperidine rings is 1. The van der Waals surface area contributed by atoms with Crippen molar-refractivity contribution in [3.8, 4) is 0 Å². The molecule has 0 aliphatic carbocycles. The maximum Gasteiger partial charge on any atom is 0.410 e. The average Bonchev–Trinajstić information content (AvgIpc) is 2.45. The van der Waals surface area contributed by atoms with E-state index in [1.807, 2.05) is 20.8 Å². The largest absolute Gasteiger partial charge is 0.444 e. The van der Waals surface area contributed by atoms with E-state index in [2.05, 4.69) is 31.2 Å². The number of hydrogen-bond acceptors (Lipinski definition) is 3. The molecule has 4 nitrogen and oxygen atoms in total. The van der Waals surface area contributed by atoms with Crippen LogP contribution < -0.4 is 0 Å². The van der Waals surface area contributed by atoms with Crippen LogP contribution in [0.25, 0.3) is 0 Å². The fourth-order valence-electron chi connectivity index (χ4n) is 2.96. The Hall–Kier alpha value is -1.55. The number of likely N-dealkylation sites (tertiary alicyclic amines) is 1. The third-order valence-electron chi connectivity index (χ3n) is 4.13. The lowest BCUT2D eigenvalue weighted by atomic mass is 9.81. The van der Waals surface area contributed by atoms with Crippen LogP contribution >= 0.6 is 0 Å². The highest BCUT2D eigenvalue weighted by molar-refractivity contribution is 5.68. The van der Waals surface area contributed by atoms with Crippen molar-refractivity contribution in [1.82, 2.24) is 4.90 Å². The molecule has 0 aromatic heterocycles. The Kier molecular flexibility index (Phi) is 5.12. The molecule has 1 aliphatic rings. The predicted molar refractivity (Wildman–Crippen MR) is 86.9 cm³/mol. The Morgan fingerprint density at radius 3 is 2.50 bits per heavy atom. The van der Waals surface area contributed by atoms with Gasteiger partial charge in [0.25, 0.3) is 0 Å². The second-order valence-electron chi connectivity index (χ2n) is 7.17. The van der Waals surface area contributed by atoms with Crippen molar-refractivity contribution in [2.45, 2.75) is 45.6 Å². The lowest BCUT2D eigenvalue weighted by molar-refractivity contribution is 0.0102. The molecule has 1 aromatic carbocycles. The lowest BCUT2D eigenvalue weighted by Crippen LogP contribution is -2.46. The zero-order valence-electron chi connectivity index (χ0n) is 14.0. The van der Waals surface area contributed by atoms with Crippen molar-refractivity contribution in [3.63, 3.8) is 0 Å². The summed E-state index contributed by atoms with van der Waals surface area (Å²) in [6.45, 7) is 8.97. The number of aliphatic hydroxyl groups excluding tert-OH is 1. The number of nitrogens with zero attached hydrogens (tertiary/aromatic N) is 1. The highest BCUT2D eigenvalue weighted by Gasteiger charge is 2.33. The number of carbonyl (C=O) groups excluding carboxylic acids is 1. The Bertz CT molecular complexity index is 504. The SMILES string of the molecule is Cc1ccc([C@H]2CCN(C(=O)OC(C)(C)C)C[C@@H]2CO)cc1. The first-order chi connectivity index (χ1) is 10.3. The first kappa shape index (κ1) is 16.8. The fourth-order valence-corrected chi connectivity index (χ4v) is 2.96. The zero-order valence-corrected chi connectivity index (χ0v) is 14.0. The van der Waals surface area contributed by atoms with Crippen molar-refractivity contribution in [1.29, 1.82) is 0 Å². The molecule has 122 valence electrons. The topological polar surface area (TPSA) is 49.8 Å². The number of hydrogen-bond donors (Lipinski definition) is 1. The van der Waals surface area contributed by atoms with Crippen LogP contribution in [0, 0.1) is 12.8 Å². The molecule has 1 aromatic rings. The Labute approximate surface area is 133 Å². The smallest absolute Gasteiger partial charge is 0.410 e. The van der Waals surface area contributed by atoms with Crippen LogP contribution in [0.15, 0.2) is 24.3 Å². The quantitative estimate of drug-likeness (QED) is 0.912. The number of aryl methyl sites for hydroxylation is 1. The summed E-state index contributed by atoms with van der Waals surface area (Å²) >= 11 is 0. The minimum absolute atomic E-state index is 0.0592. The van der Waals surface area contributed by atoms with Gasteiger partial charge in [-0.25, -0.2) is 4.79 Å². The molecule has 0 bridgehead atoms. The maximum absolute atomic E-state index is 12.2. The van der Waals surface area contributed by atoms with E-state index in [4.69, 9.17) is 4.74 Å². The van der Waals surface area contributed by atoms with Gasteiger partial charge in [0.2, 0.25) is 0 Å². The highest BCUT2D eigenvalue weighted by atomic mass is 16.6. The molecule has 1 saturated heterocycles. The van der Waals surface area contributed by atoms with Gasteiger partial charge in [-0.15, -0.1) is 0 Å². The monoisotopic (exact) mass is 305 g/mol. The maximum atomic E-state index is 12.2. The number of benzene rings is 1. The van der Waals surface area contributed by atoms with Gasteiger partial charge in [0.15, 0.2) is 0 Å². The molecule has 0 spiro atoms. The molecule has 2 rings (SSSR count). The molecule has 0 radical (unpaired) electrons. The molecule has 1 fully saturated rings. The summed E-state index contributed by atoms with van der Waals surface area (Å²) in [4.78, 5) is 13.9. The summed E-state index contributed by atoms with van der Waals surface area (Å²) in [6, 6.07) is 8.46. The molecule has 1 amide bonds. The molecular weight excluding hydrogens is 278 g/mol. The van der Waals surface area contributed by atoms with Gasteiger partial charge in [0, 0.05) is 25.6 Å². The van der Waals surface area contributed by atoms with Crippen molar-refractivity contribution >= 4 is 6.09 Å². The highest BCUT2D eigenvalue weighted by Crippen LogP contribution is 2.33. The summed E-state index contributed by atoms with van der Waals surface area (Å²) in [5, 5.41) is 9.73. The van der Waals surface area contributed by atoms with Gasteiger partial charge in [-0.3, -0.25) is 0 Å². The number of carbonyl (C=O) groups is 1. The predicted octanol–water partition coefficient (Wildman–Crippen LogP) is 3.33. The van der Waals surface area contributed by atoms with Gasteiger partial charge in [-0.05, 0) is 45.6 Å². The van der Waals surface area contributed by atoms with Crippen molar-refractivity contribution in [2.24, 2.45) is 5.92 Å². The van der Waals surface area contributed by atoms with Gasteiger partial charge in [-0.2, -0.15) is 0 Å². The van der Waals surface area contributed by atoms with Crippen LogP contribution in [0.1, 0.15) is 44.2 Å². The van der Waals surface area contributed by atoms with Gasteiger partial charge >= 0.3 is 6.09 Å². The Morgan fingerprint density at radius 2 is 1.95 bits per heavy atom. The second kappa shape index (κ2) is 6.69. The van der Waals surface area contributed by atoms with E-state index >= 15 is 0 Å². The van der Waals surface area contributed by atoms with Gasteiger partial charge in [0.05, 0.1) is 0 Å². The van der Waals surface area contributed by atoms with Crippen LogP contribution in [-0.2, 0) is 4.74 Å². The molecule has 4 heteroatoms. The Morgan fingerprint density at radius 1 is 1.32 bits per heavy atom. The van der Waals surface area contributed by atoms with E-state index in [0.717, 1.165) is 6.42 Å². The van der Waals surface area contributed by atoms with E-state index < -0.39 is 5.60 Å². The van der Waals surface area contributed by atoms with E-state index in [1.165, 1.54) is 11.1 Å². The second-order valence-corrected chi connectivity index (χ2v) is 7.17. The third kappa shape index (κ3) is 4.23. The number of rotatable bonds is 2. The molecule has 0 saturated carbocycles. The minimum Gasteiger partial charge on any atom is -0.444 e. The fraction of sp³-hybridized carbons (Fsp3) is 0.611. The summed E-state index contributed by atoms with van der Waals surface area (Å²) in [7, 11) is 0. The standard InChI is InChI=1S/C18H27NO3/c1-13-5-7-14(8-6-13)16-9-10-19(11-15(16)12-20)17(21)22-18(2,3)4/h5-8,15-16,20H,9-12H2,1-4H3/t15-,16-/m1/s1. The normalized spacial score (nSPS) is 22.5.